The highest BCUT2D eigenvalue weighted by Gasteiger charge is 2.17. The molecule has 0 radical (unpaired) electrons. The molecule has 3 rings (SSSR count). The van der Waals surface area contributed by atoms with Crippen LogP contribution in [0.25, 0.3) is 11.5 Å². The van der Waals surface area contributed by atoms with Crippen molar-refractivity contribution in [1.29, 1.82) is 0 Å². The third-order valence-corrected chi connectivity index (χ3v) is 5.48. The number of hydrogen-bond donors (Lipinski definition) is 1. The summed E-state index contributed by atoms with van der Waals surface area (Å²) in [6.07, 6.45) is -0.207. The maximum atomic E-state index is 12.2. The van der Waals surface area contributed by atoms with E-state index in [1.54, 1.807) is 48.5 Å². The first-order chi connectivity index (χ1) is 13.5. The smallest absolute Gasteiger partial charge is 0.322 e. The van der Waals surface area contributed by atoms with E-state index in [2.05, 4.69) is 15.5 Å². The molecule has 2 aromatic carbocycles. The first kappa shape index (κ1) is 19.6. The van der Waals surface area contributed by atoms with Crippen LogP contribution in [-0.2, 0) is 20.4 Å². The minimum atomic E-state index is -3.41. The number of carbonyl (C=O) groups is 1. The predicted molar refractivity (Wildman–Crippen MR) is 103 cm³/mol. The Balaban J connectivity index is 1.58. The summed E-state index contributed by atoms with van der Waals surface area (Å²) in [5.74, 6) is -0.173. The Morgan fingerprint density at radius 2 is 1.79 bits per heavy atom. The van der Waals surface area contributed by atoms with Crippen LogP contribution in [0.1, 0.15) is 12.0 Å². The van der Waals surface area contributed by atoms with E-state index >= 15 is 0 Å². The second-order valence-corrected chi connectivity index (χ2v) is 8.17. The maximum absolute atomic E-state index is 12.2. The van der Waals surface area contributed by atoms with E-state index in [9.17, 15) is 13.2 Å². The van der Waals surface area contributed by atoms with Crippen molar-refractivity contribution in [1.82, 2.24) is 10.2 Å². The summed E-state index contributed by atoms with van der Waals surface area (Å²) >= 11 is 0. The van der Waals surface area contributed by atoms with E-state index in [0.29, 0.717) is 16.9 Å². The van der Waals surface area contributed by atoms with Gasteiger partial charge in [-0.25, -0.2) is 8.42 Å². The number of nitrogens with one attached hydrogen (secondary N) is 1. The van der Waals surface area contributed by atoms with Crippen molar-refractivity contribution >= 4 is 21.8 Å². The number of para-hydroxylation sites is 1. The monoisotopic (exact) mass is 401 g/mol. The van der Waals surface area contributed by atoms with Gasteiger partial charge < -0.3 is 9.15 Å². The summed E-state index contributed by atoms with van der Waals surface area (Å²) in [5, 5.41) is 10.1. The van der Waals surface area contributed by atoms with Crippen LogP contribution < -0.4 is 10.1 Å². The van der Waals surface area contributed by atoms with Crippen molar-refractivity contribution in [2.75, 3.05) is 18.2 Å². The molecule has 0 unspecified atom stereocenters. The molecule has 0 saturated heterocycles. The molecule has 0 atom stereocenters. The fourth-order valence-corrected chi connectivity index (χ4v) is 3.88. The van der Waals surface area contributed by atoms with Crippen LogP contribution >= 0.6 is 0 Å². The van der Waals surface area contributed by atoms with E-state index < -0.39 is 15.7 Å². The number of hydrogen-bond acceptors (Lipinski definition) is 7. The molecular weight excluding hydrogens is 382 g/mol. The number of nitrogens with zero attached hydrogens (tertiary/aromatic N) is 2. The van der Waals surface area contributed by atoms with Crippen LogP contribution in [0.2, 0.25) is 0 Å². The fourth-order valence-electron chi connectivity index (χ4n) is 2.53. The number of aromatic nitrogens is 2. The lowest BCUT2D eigenvalue weighted by Gasteiger charge is -2.05. The molecule has 1 N–H and O–H groups in total. The summed E-state index contributed by atoms with van der Waals surface area (Å²) in [6.45, 7) is 0. The molecule has 0 fully saturated rings. The summed E-state index contributed by atoms with van der Waals surface area (Å²) < 4.78 is 35.0. The molecule has 0 spiro atoms. The summed E-state index contributed by atoms with van der Waals surface area (Å²) in [5.41, 5.74) is 1.27. The normalized spacial score (nSPS) is 11.2. The van der Waals surface area contributed by atoms with E-state index in [-0.39, 0.29) is 29.8 Å². The van der Waals surface area contributed by atoms with Crippen molar-refractivity contribution in [3.8, 4) is 17.2 Å². The fraction of sp³-hybridized carbons (Fsp3) is 0.211. The Morgan fingerprint density at radius 1 is 1.07 bits per heavy atom. The van der Waals surface area contributed by atoms with Gasteiger partial charge in [0.05, 0.1) is 24.2 Å². The average molecular weight is 401 g/mol. The van der Waals surface area contributed by atoms with Crippen LogP contribution in [0.4, 0.5) is 6.01 Å². The zero-order valence-electron chi connectivity index (χ0n) is 15.2. The highest BCUT2D eigenvalue weighted by atomic mass is 32.2. The first-order valence-corrected chi connectivity index (χ1v) is 10.3. The molecule has 0 saturated carbocycles. The standard InChI is InChI=1S/C19H19N3O5S/c1-26-16-10-6-5-9-15(16)18-21-22-19(27-18)20-17(23)11-12-28(24,25)13-14-7-3-2-4-8-14/h2-10H,11-13H2,1H3,(H,20,22,23). The Bertz CT molecular complexity index is 1050. The van der Waals surface area contributed by atoms with Gasteiger partial charge in [0, 0.05) is 6.42 Å². The minimum absolute atomic E-state index is 0.105. The van der Waals surface area contributed by atoms with Gasteiger partial charge in [-0.15, -0.1) is 5.10 Å². The van der Waals surface area contributed by atoms with Crippen molar-refractivity contribution in [2.45, 2.75) is 12.2 Å². The topological polar surface area (TPSA) is 111 Å². The second-order valence-electron chi connectivity index (χ2n) is 5.99. The van der Waals surface area contributed by atoms with E-state index in [0.717, 1.165) is 0 Å². The summed E-state index contributed by atoms with van der Waals surface area (Å²) in [4.78, 5) is 12.1. The molecule has 1 heterocycles. The van der Waals surface area contributed by atoms with Crippen LogP contribution in [0, 0.1) is 0 Å². The number of benzene rings is 2. The average Bonchev–Trinajstić information content (AvgIpc) is 3.15. The maximum Gasteiger partial charge on any atom is 0.322 e. The molecule has 0 aliphatic heterocycles. The largest absolute Gasteiger partial charge is 0.496 e. The van der Waals surface area contributed by atoms with Gasteiger partial charge in [0.1, 0.15) is 5.75 Å². The Morgan fingerprint density at radius 3 is 2.54 bits per heavy atom. The highest BCUT2D eigenvalue weighted by molar-refractivity contribution is 7.90. The molecule has 3 aromatic rings. The van der Waals surface area contributed by atoms with Crippen LogP contribution in [0.15, 0.2) is 59.0 Å². The second kappa shape index (κ2) is 8.66. The van der Waals surface area contributed by atoms with Crippen LogP contribution in [0.5, 0.6) is 5.75 Å². The minimum Gasteiger partial charge on any atom is -0.496 e. The molecule has 0 aliphatic rings. The Kier molecular flexibility index (Phi) is 6.05. The van der Waals surface area contributed by atoms with Gasteiger partial charge in [-0.1, -0.05) is 47.6 Å². The van der Waals surface area contributed by atoms with Gasteiger partial charge in [0.25, 0.3) is 5.89 Å². The van der Waals surface area contributed by atoms with Crippen LogP contribution in [-0.4, -0.2) is 37.4 Å². The lowest BCUT2D eigenvalue weighted by Crippen LogP contribution is -2.18. The van der Waals surface area contributed by atoms with Gasteiger partial charge in [-0.2, -0.15) is 0 Å². The lowest BCUT2D eigenvalue weighted by molar-refractivity contribution is -0.115. The molecule has 8 nitrogen and oxygen atoms in total. The zero-order chi connectivity index (χ0) is 20.0. The molecule has 9 heteroatoms. The molecule has 1 amide bonds. The van der Waals surface area contributed by atoms with Crippen molar-refractivity contribution < 1.29 is 22.4 Å². The third-order valence-electron chi connectivity index (χ3n) is 3.88. The van der Waals surface area contributed by atoms with Crippen molar-refractivity contribution in [3.63, 3.8) is 0 Å². The number of methoxy groups -OCH3 is 1. The van der Waals surface area contributed by atoms with Gasteiger partial charge >= 0.3 is 6.01 Å². The quantitative estimate of drug-likeness (QED) is 0.618. The van der Waals surface area contributed by atoms with E-state index in [1.807, 2.05) is 6.07 Å². The highest BCUT2D eigenvalue weighted by Crippen LogP contribution is 2.29. The van der Waals surface area contributed by atoms with Gasteiger partial charge in [0.2, 0.25) is 5.91 Å². The molecule has 1 aromatic heterocycles. The SMILES string of the molecule is COc1ccccc1-c1nnc(NC(=O)CCS(=O)(=O)Cc2ccccc2)o1. The van der Waals surface area contributed by atoms with Crippen molar-refractivity contribution in [3.05, 3.63) is 60.2 Å². The van der Waals surface area contributed by atoms with Crippen LogP contribution in [0.3, 0.4) is 0 Å². The number of amides is 1. The summed E-state index contributed by atoms with van der Waals surface area (Å²) in [6, 6.07) is 15.8. The van der Waals surface area contributed by atoms with Crippen molar-refractivity contribution in [2.24, 2.45) is 0 Å². The number of carbonyl (C=O) groups excluding carboxylic acids is 1. The molecule has 146 valence electrons. The third kappa shape index (κ3) is 5.17. The lowest BCUT2D eigenvalue weighted by atomic mass is 10.2. The van der Waals surface area contributed by atoms with E-state index in [4.69, 9.17) is 9.15 Å². The summed E-state index contributed by atoms with van der Waals surface area (Å²) in [7, 11) is -1.89. The molecular formula is C19H19N3O5S. The Hall–Kier alpha value is -3.20. The van der Waals surface area contributed by atoms with Gasteiger partial charge in [0.15, 0.2) is 9.84 Å². The number of sulfone groups is 1. The molecule has 28 heavy (non-hydrogen) atoms. The van der Waals surface area contributed by atoms with Gasteiger partial charge in [-0.3, -0.25) is 10.1 Å². The zero-order valence-corrected chi connectivity index (χ0v) is 16.0. The number of anilines is 1. The first-order valence-electron chi connectivity index (χ1n) is 8.48. The van der Waals surface area contributed by atoms with E-state index in [1.165, 1.54) is 7.11 Å². The molecule has 0 aliphatic carbocycles. The number of ether oxygens (including phenoxy) is 1. The molecule has 0 bridgehead atoms. The van der Waals surface area contributed by atoms with Gasteiger partial charge in [-0.05, 0) is 17.7 Å². The number of rotatable bonds is 8. The Labute approximate surface area is 162 Å². The predicted octanol–water partition coefficient (Wildman–Crippen LogP) is 2.69.